The van der Waals surface area contributed by atoms with Crippen molar-refractivity contribution >= 4 is 35.1 Å². The Morgan fingerprint density at radius 1 is 1.20 bits per heavy atom. The standard InChI is InChI=1S/C13H16Cl2N2O3/c1-12(2,11(19)20)13(3,4)17-10(18)7-5-6-8(14)16-9(7)15/h5-6H,1-4H3,(H,17,18)(H,19,20). The number of carboxylic acid groups (broad SMARTS) is 1. The smallest absolute Gasteiger partial charge is 0.311 e. The number of pyridine rings is 1. The van der Waals surface area contributed by atoms with Gasteiger partial charge in [0.15, 0.2) is 0 Å². The first-order chi connectivity index (χ1) is 8.99. The molecule has 1 aromatic heterocycles. The van der Waals surface area contributed by atoms with Crippen molar-refractivity contribution in [1.29, 1.82) is 0 Å². The van der Waals surface area contributed by atoms with Crippen molar-refractivity contribution < 1.29 is 14.7 Å². The third kappa shape index (κ3) is 3.22. The molecule has 1 amide bonds. The molecule has 0 atom stereocenters. The average Bonchev–Trinajstić information content (AvgIpc) is 2.27. The lowest BCUT2D eigenvalue weighted by molar-refractivity contribution is -0.150. The molecule has 5 nitrogen and oxygen atoms in total. The summed E-state index contributed by atoms with van der Waals surface area (Å²) < 4.78 is 0. The highest BCUT2D eigenvalue weighted by molar-refractivity contribution is 6.34. The zero-order valence-electron chi connectivity index (χ0n) is 11.6. The molecule has 1 aromatic rings. The molecular formula is C13H16Cl2N2O3. The maximum Gasteiger partial charge on any atom is 0.311 e. The van der Waals surface area contributed by atoms with Crippen LogP contribution in [-0.2, 0) is 4.79 Å². The van der Waals surface area contributed by atoms with Crippen LogP contribution in [0, 0.1) is 5.41 Å². The number of aromatic nitrogens is 1. The molecule has 0 aliphatic carbocycles. The van der Waals surface area contributed by atoms with E-state index in [9.17, 15) is 14.7 Å². The maximum absolute atomic E-state index is 12.2. The summed E-state index contributed by atoms with van der Waals surface area (Å²) in [6.45, 7) is 6.35. The molecule has 0 aromatic carbocycles. The zero-order chi connectivity index (χ0) is 15.7. The van der Waals surface area contributed by atoms with E-state index in [0.29, 0.717) is 0 Å². The van der Waals surface area contributed by atoms with Crippen molar-refractivity contribution in [2.75, 3.05) is 0 Å². The Bertz CT molecular complexity index is 557. The molecule has 1 heterocycles. The minimum Gasteiger partial charge on any atom is -0.481 e. The van der Waals surface area contributed by atoms with Gasteiger partial charge in [-0.2, -0.15) is 0 Å². The Balaban J connectivity index is 3.03. The fourth-order valence-corrected chi connectivity index (χ4v) is 1.79. The van der Waals surface area contributed by atoms with Gasteiger partial charge in [0.05, 0.1) is 16.5 Å². The van der Waals surface area contributed by atoms with E-state index in [0.717, 1.165) is 0 Å². The molecule has 0 aliphatic heterocycles. The second kappa shape index (κ2) is 5.58. The highest BCUT2D eigenvalue weighted by Crippen LogP contribution is 2.31. The molecule has 0 bridgehead atoms. The predicted octanol–water partition coefficient (Wildman–Crippen LogP) is 3.01. The predicted molar refractivity (Wildman–Crippen MR) is 77.2 cm³/mol. The molecule has 0 unspecified atom stereocenters. The summed E-state index contributed by atoms with van der Waals surface area (Å²) in [4.78, 5) is 27.3. The van der Waals surface area contributed by atoms with Gasteiger partial charge in [-0.25, -0.2) is 4.98 Å². The highest BCUT2D eigenvalue weighted by atomic mass is 35.5. The fourth-order valence-electron chi connectivity index (χ4n) is 1.36. The summed E-state index contributed by atoms with van der Waals surface area (Å²) in [6, 6.07) is 2.88. The van der Waals surface area contributed by atoms with Crippen LogP contribution in [0.15, 0.2) is 12.1 Å². The number of carbonyl (C=O) groups is 2. The topological polar surface area (TPSA) is 79.3 Å². The molecule has 20 heavy (non-hydrogen) atoms. The number of hydrogen-bond acceptors (Lipinski definition) is 3. The fraction of sp³-hybridized carbons (Fsp3) is 0.462. The Labute approximate surface area is 127 Å². The number of rotatable bonds is 4. The van der Waals surface area contributed by atoms with E-state index in [1.807, 2.05) is 0 Å². The van der Waals surface area contributed by atoms with Gasteiger partial charge < -0.3 is 10.4 Å². The summed E-state index contributed by atoms with van der Waals surface area (Å²) in [5.41, 5.74) is -2.00. The molecule has 1 rings (SSSR count). The van der Waals surface area contributed by atoms with Gasteiger partial charge in [0.25, 0.3) is 5.91 Å². The van der Waals surface area contributed by atoms with E-state index < -0.39 is 22.8 Å². The average molecular weight is 319 g/mol. The molecule has 110 valence electrons. The molecular weight excluding hydrogens is 303 g/mol. The monoisotopic (exact) mass is 318 g/mol. The summed E-state index contributed by atoms with van der Waals surface area (Å²) in [6.07, 6.45) is 0. The first-order valence-electron chi connectivity index (χ1n) is 5.87. The second-order valence-electron chi connectivity index (χ2n) is 5.48. The van der Waals surface area contributed by atoms with Crippen molar-refractivity contribution in [2.24, 2.45) is 5.41 Å². The van der Waals surface area contributed by atoms with Crippen LogP contribution in [0.5, 0.6) is 0 Å². The van der Waals surface area contributed by atoms with E-state index in [2.05, 4.69) is 10.3 Å². The van der Waals surface area contributed by atoms with Crippen LogP contribution >= 0.6 is 23.2 Å². The number of halogens is 2. The Morgan fingerprint density at radius 2 is 1.75 bits per heavy atom. The van der Waals surface area contributed by atoms with Gasteiger partial charge in [-0.3, -0.25) is 9.59 Å². The lowest BCUT2D eigenvalue weighted by Gasteiger charge is -2.38. The Kier molecular flexibility index (Phi) is 4.66. The van der Waals surface area contributed by atoms with E-state index in [-0.39, 0.29) is 15.9 Å². The van der Waals surface area contributed by atoms with E-state index in [4.69, 9.17) is 23.2 Å². The van der Waals surface area contributed by atoms with E-state index >= 15 is 0 Å². The van der Waals surface area contributed by atoms with E-state index in [1.54, 1.807) is 13.8 Å². The van der Waals surface area contributed by atoms with Crippen LogP contribution in [0.3, 0.4) is 0 Å². The zero-order valence-corrected chi connectivity index (χ0v) is 13.1. The summed E-state index contributed by atoms with van der Waals surface area (Å²) >= 11 is 11.5. The molecule has 0 aliphatic rings. The minimum atomic E-state index is -1.16. The number of carboxylic acids is 1. The number of carbonyl (C=O) groups excluding carboxylic acids is 1. The molecule has 0 radical (unpaired) electrons. The molecule has 7 heteroatoms. The quantitative estimate of drug-likeness (QED) is 0.836. The van der Waals surface area contributed by atoms with Gasteiger partial charge in [-0.05, 0) is 39.8 Å². The van der Waals surface area contributed by atoms with Crippen LogP contribution in [0.25, 0.3) is 0 Å². The van der Waals surface area contributed by atoms with Gasteiger partial charge in [-0.1, -0.05) is 23.2 Å². The lowest BCUT2D eigenvalue weighted by atomic mass is 9.74. The Hall–Kier alpha value is -1.33. The first kappa shape index (κ1) is 16.7. The Morgan fingerprint density at radius 3 is 2.20 bits per heavy atom. The van der Waals surface area contributed by atoms with Gasteiger partial charge in [0, 0.05) is 0 Å². The number of amides is 1. The maximum atomic E-state index is 12.2. The van der Waals surface area contributed by atoms with Crippen LogP contribution in [-0.4, -0.2) is 27.5 Å². The molecule has 0 fully saturated rings. The SMILES string of the molecule is CC(C)(NC(=O)c1ccc(Cl)nc1Cl)C(C)(C)C(=O)O. The van der Waals surface area contributed by atoms with Crippen LogP contribution < -0.4 is 5.32 Å². The normalized spacial score (nSPS) is 12.1. The van der Waals surface area contributed by atoms with Crippen molar-refractivity contribution in [3.8, 4) is 0 Å². The number of aliphatic carboxylic acids is 1. The van der Waals surface area contributed by atoms with Gasteiger partial charge in [0.2, 0.25) is 0 Å². The largest absolute Gasteiger partial charge is 0.481 e. The third-order valence-electron chi connectivity index (χ3n) is 3.58. The highest BCUT2D eigenvalue weighted by Gasteiger charge is 2.44. The van der Waals surface area contributed by atoms with Crippen molar-refractivity contribution in [1.82, 2.24) is 10.3 Å². The molecule has 2 N–H and O–H groups in total. The molecule has 0 spiro atoms. The van der Waals surface area contributed by atoms with Crippen molar-refractivity contribution in [2.45, 2.75) is 33.2 Å². The summed E-state index contributed by atoms with van der Waals surface area (Å²) in [5.74, 6) is -1.51. The number of nitrogens with zero attached hydrogens (tertiary/aromatic N) is 1. The minimum absolute atomic E-state index is 0.0288. The summed E-state index contributed by atoms with van der Waals surface area (Å²) in [5, 5.41) is 12.1. The van der Waals surface area contributed by atoms with Crippen LogP contribution in [0.2, 0.25) is 10.3 Å². The van der Waals surface area contributed by atoms with Gasteiger partial charge in [-0.15, -0.1) is 0 Å². The van der Waals surface area contributed by atoms with E-state index in [1.165, 1.54) is 26.0 Å². The van der Waals surface area contributed by atoms with Gasteiger partial charge in [0.1, 0.15) is 10.3 Å². The van der Waals surface area contributed by atoms with Crippen LogP contribution in [0.4, 0.5) is 0 Å². The second-order valence-corrected chi connectivity index (χ2v) is 6.23. The van der Waals surface area contributed by atoms with Crippen molar-refractivity contribution in [3.05, 3.63) is 28.0 Å². The number of nitrogens with one attached hydrogen (secondary N) is 1. The van der Waals surface area contributed by atoms with Crippen molar-refractivity contribution in [3.63, 3.8) is 0 Å². The van der Waals surface area contributed by atoms with Crippen LogP contribution in [0.1, 0.15) is 38.1 Å². The third-order valence-corrected chi connectivity index (χ3v) is 4.08. The summed E-state index contributed by atoms with van der Waals surface area (Å²) in [7, 11) is 0. The van der Waals surface area contributed by atoms with Gasteiger partial charge >= 0.3 is 5.97 Å². The first-order valence-corrected chi connectivity index (χ1v) is 6.62. The molecule has 0 saturated carbocycles. The molecule has 0 saturated heterocycles. The lowest BCUT2D eigenvalue weighted by Crippen LogP contribution is -2.57. The number of hydrogen-bond donors (Lipinski definition) is 2.